The third-order valence-electron chi connectivity index (χ3n) is 3.12. The first-order valence-electron chi connectivity index (χ1n) is 5.27. The Bertz CT molecular complexity index is 516. The summed E-state index contributed by atoms with van der Waals surface area (Å²) >= 11 is 0. The zero-order chi connectivity index (χ0) is 10.4. The van der Waals surface area contributed by atoms with Crippen LogP contribution in [0.4, 0.5) is 4.39 Å². The van der Waals surface area contributed by atoms with Gasteiger partial charge in [0.25, 0.3) is 0 Å². The van der Waals surface area contributed by atoms with Crippen LogP contribution in [-0.4, -0.2) is 11.0 Å². The second-order valence-electron chi connectivity index (χ2n) is 4.23. The van der Waals surface area contributed by atoms with Crippen molar-refractivity contribution < 1.29 is 4.39 Å². The number of benzene rings is 1. The smallest absolute Gasteiger partial charge is 0.147 e. The summed E-state index contributed by atoms with van der Waals surface area (Å²) in [4.78, 5) is 3.17. The molecule has 0 saturated carbocycles. The Kier molecular flexibility index (Phi) is 1.83. The summed E-state index contributed by atoms with van der Waals surface area (Å²) in [5, 5.41) is 4.41. The van der Waals surface area contributed by atoms with Crippen LogP contribution in [0.1, 0.15) is 18.2 Å². The van der Waals surface area contributed by atoms with Crippen LogP contribution in [0.5, 0.6) is 0 Å². The largest absolute Gasteiger partial charge is 0.355 e. The number of hydrogen-bond donors (Lipinski definition) is 2. The highest BCUT2D eigenvalue weighted by Gasteiger charge is 2.19. The van der Waals surface area contributed by atoms with Crippen molar-refractivity contribution in [1.82, 2.24) is 10.3 Å². The summed E-state index contributed by atoms with van der Waals surface area (Å²) in [6.07, 6.45) is 0.971. The molecule has 15 heavy (non-hydrogen) atoms. The molecule has 1 unspecified atom stereocenters. The van der Waals surface area contributed by atoms with E-state index in [0.717, 1.165) is 24.0 Å². The first-order chi connectivity index (χ1) is 7.25. The molecule has 2 aromatic rings. The first-order valence-corrected chi connectivity index (χ1v) is 5.27. The van der Waals surface area contributed by atoms with Crippen molar-refractivity contribution >= 4 is 10.9 Å². The Labute approximate surface area is 87.5 Å². The highest BCUT2D eigenvalue weighted by molar-refractivity contribution is 5.85. The van der Waals surface area contributed by atoms with Gasteiger partial charge in [0.05, 0.1) is 5.52 Å². The Balaban J connectivity index is 2.29. The summed E-state index contributed by atoms with van der Waals surface area (Å²) in [7, 11) is 0. The molecule has 1 aliphatic heterocycles. The van der Waals surface area contributed by atoms with Crippen molar-refractivity contribution in [2.75, 3.05) is 0 Å². The summed E-state index contributed by atoms with van der Waals surface area (Å²) in [6.45, 7) is 2.96. The molecule has 2 heterocycles. The van der Waals surface area contributed by atoms with E-state index in [1.165, 1.54) is 11.6 Å². The van der Waals surface area contributed by atoms with Crippen LogP contribution in [0.3, 0.4) is 0 Å². The van der Waals surface area contributed by atoms with Gasteiger partial charge in [-0.2, -0.15) is 0 Å². The summed E-state index contributed by atoms with van der Waals surface area (Å²) < 4.78 is 13.5. The molecular weight excluding hydrogens is 191 g/mol. The van der Waals surface area contributed by atoms with Crippen LogP contribution >= 0.6 is 0 Å². The second kappa shape index (κ2) is 3.07. The molecule has 0 spiro atoms. The fraction of sp³-hybridized carbons (Fsp3) is 0.333. The third-order valence-corrected chi connectivity index (χ3v) is 3.12. The Morgan fingerprint density at radius 1 is 1.40 bits per heavy atom. The normalized spacial score (nSPS) is 20.5. The van der Waals surface area contributed by atoms with Gasteiger partial charge in [0, 0.05) is 23.7 Å². The number of hydrogen-bond acceptors (Lipinski definition) is 1. The van der Waals surface area contributed by atoms with E-state index in [1.54, 1.807) is 6.07 Å². The van der Waals surface area contributed by atoms with Crippen molar-refractivity contribution in [3.05, 3.63) is 35.3 Å². The van der Waals surface area contributed by atoms with Crippen LogP contribution in [0.2, 0.25) is 0 Å². The average molecular weight is 204 g/mol. The highest BCUT2D eigenvalue weighted by Crippen LogP contribution is 2.27. The van der Waals surface area contributed by atoms with Crippen LogP contribution < -0.4 is 5.32 Å². The van der Waals surface area contributed by atoms with Crippen LogP contribution in [-0.2, 0) is 13.0 Å². The second-order valence-corrected chi connectivity index (χ2v) is 4.23. The minimum absolute atomic E-state index is 0.158. The van der Waals surface area contributed by atoms with Gasteiger partial charge in [0.15, 0.2) is 0 Å². The first kappa shape index (κ1) is 8.92. The zero-order valence-corrected chi connectivity index (χ0v) is 8.60. The van der Waals surface area contributed by atoms with E-state index in [9.17, 15) is 4.39 Å². The minimum atomic E-state index is -0.158. The van der Waals surface area contributed by atoms with E-state index >= 15 is 0 Å². The zero-order valence-electron chi connectivity index (χ0n) is 8.60. The van der Waals surface area contributed by atoms with Gasteiger partial charge in [-0.3, -0.25) is 0 Å². The van der Waals surface area contributed by atoms with Gasteiger partial charge in [0.2, 0.25) is 0 Å². The van der Waals surface area contributed by atoms with Gasteiger partial charge in [-0.15, -0.1) is 0 Å². The number of fused-ring (bicyclic) bond motifs is 3. The minimum Gasteiger partial charge on any atom is -0.355 e. The SMILES string of the molecule is CC1Cc2c([nH]c3c(F)cccc23)CN1. The maximum atomic E-state index is 13.5. The molecule has 0 bridgehead atoms. The molecule has 0 aliphatic carbocycles. The van der Waals surface area contributed by atoms with Crippen LogP contribution in [0, 0.1) is 5.82 Å². The number of aromatic amines is 1. The number of para-hydroxylation sites is 1. The van der Waals surface area contributed by atoms with E-state index in [1.807, 2.05) is 6.07 Å². The molecule has 0 amide bonds. The number of nitrogens with one attached hydrogen (secondary N) is 2. The average Bonchev–Trinajstić information content (AvgIpc) is 2.58. The Morgan fingerprint density at radius 3 is 3.13 bits per heavy atom. The molecule has 1 aromatic heterocycles. The van der Waals surface area contributed by atoms with Gasteiger partial charge < -0.3 is 10.3 Å². The van der Waals surface area contributed by atoms with Gasteiger partial charge in [-0.05, 0) is 25.0 Å². The van der Waals surface area contributed by atoms with Gasteiger partial charge in [-0.1, -0.05) is 12.1 Å². The Morgan fingerprint density at radius 2 is 2.27 bits per heavy atom. The third kappa shape index (κ3) is 1.27. The summed E-state index contributed by atoms with van der Waals surface area (Å²) in [5.41, 5.74) is 3.06. The fourth-order valence-corrected chi connectivity index (χ4v) is 2.33. The van der Waals surface area contributed by atoms with Crippen LogP contribution in [0.25, 0.3) is 10.9 Å². The summed E-state index contributed by atoms with van der Waals surface area (Å²) in [6, 6.07) is 5.74. The number of aromatic nitrogens is 1. The lowest BCUT2D eigenvalue weighted by Crippen LogP contribution is -2.32. The van der Waals surface area contributed by atoms with Crippen LogP contribution in [0.15, 0.2) is 18.2 Å². The molecule has 1 aliphatic rings. The van der Waals surface area contributed by atoms with E-state index < -0.39 is 0 Å². The lowest BCUT2D eigenvalue weighted by molar-refractivity contribution is 0.510. The van der Waals surface area contributed by atoms with E-state index in [2.05, 4.69) is 17.2 Å². The monoisotopic (exact) mass is 204 g/mol. The molecule has 2 nitrogen and oxygen atoms in total. The van der Waals surface area contributed by atoms with Crippen molar-refractivity contribution in [2.24, 2.45) is 0 Å². The van der Waals surface area contributed by atoms with Gasteiger partial charge in [-0.25, -0.2) is 4.39 Å². The molecule has 0 fully saturated rings. The molecule has 1 aromatic carbocycles. The Hall–Kier alpha value is -1.35. The maximum Gasteiger partial charge on any atom is 0.147 e. The van der Waals surface area contributed by atoms with E-state index in [0.29, 0.717) is 11.6 Å². The van der Waals surface area contributed by atoms with Gasteiger partial charge >= 0.3 is 0 Å². The molecule has 3 rings (SSSR count). The molecule has 78 valence electrons. The van der Waals surface area contributed by atoms with Crippen molar-refractivity contribution in [3.8, 4) is 0 Å². The molecular formula is C12H13FN2. The highest BCUT2D eigenvalue weighted by atomic mass is 19.1. The van der Waals surface area contributed by atoms with Crippen molar-refractivity contribution in [2.45, 2.75) is 25.9 Å². The van der Waals surface area contributed by atoms with Crippen molar-refractivity contribution in [1.29, 1.82) is 0 Å². The molecule has 1 atom stereocenters. The molecule has 0 radical (unpaired) electrons. The lowest BCUT2D eigenvalue weighted by Gasteiger charge is -2.20. The number of halogens is 1. The maximum absolute atomic E-state index is 13.5. The number of H-pyrrole nitrogens is 1. The lowest BCUT2D eigenvalue weighted by atomic mass is 10.00. The predicted molar refractivity (Wildman–Crippen MR) is 58.3 cm³/mol. The molecule has 2 N–H and O–H groups in total. The van der Waals surface area contributed by atoms with E-state index in [-0.39, 0.29) is 5.82 Å². The number of rotatable bonds is 0. The molecule has 0 saturated heterocycles. The fourth-order valence-electron chi connectivity index (χ4n) is 2.33. The van der Waals surface area contributed by atoms with Gasteiger partial charge in [0.1, 0.15) is 5.82 Å². The quantitative estimate of drug-likeness (QED) is 0.677. The molecule has 3 heteroatoms. The topological polar surface area (TPSA) is 27.8 Å². The predicted octanol–water partition coefficient (Wildman–Crippen LogP) is 2.34. The standard InChI is InChI=1S/C12H13FN2/c1-7-5-9-8-3-2-4-10(13)12(8)15-11(9)6-14-7/h2-4,7,14-15H,5-6H2,1H3. The summed E-state index contributed by atoms with van der Waals surface area (Å²) in [5.74, 6) is -0.158. The van der Waals surface area contributed by atoms with Crippen molar-refractivity contribution in [3.63, 3.8) is 0 Å². The van der Waals surface area contributed by atoms with E-state index in [4.69, 9.17) is 0 Å².